The van der Waals surface area contributed by atoms with Crippen molar-refractivity contribution < 1.29 is 17.1 Å². The van der Waals surface area contributed by atoms with Crippen molar-refractivity contribution in [1.82, 2.24) is 39.9 Å². The fourth-order valence-electron chi connectivity index (χ4n) is 5.46. The molecule has 3 aromatic heterocycles. The zero-order valence-electron chi connectivity index (χ0n) is 27.1. The minimum atomic E-state index is 0. The molecule has 0 saturated carbocycles. The van der Waals surface area contributed by atoms with Gasteiger partial charge in [0.25, 0.3) is 0 Å². The normalized spacial score (nSPS) is 10.6. The summed E-state index contributed by atoms with van der Waals surface area (Å²) < 4.78 is 0. The van der Waals surface area contributed by atoms with Crippen LogP contribution in [0.1, 0.15) is 41.5 Å². The van der Waals surface area contributed by atoms with Crippen LogP contribution in [0.2, 0.25) is 0 Å². The van der Waals surface area contributed by atoms with Crippen LogP contribution in [0, 0.1) is 0 Å². The van der Waals surface area contributed by atoms with E-state index >= 15 is 0 Å². The Balaban J connectivity index is 0.000000589. The van der Waals surface area contributed by atoms with Gasteiger partial charge in [-0.1, -0.05) is 139 Å². The summed E-state index contributed by atoms with van der Waals surface area (Å²) in [6.07, 6.45) is 0. The minimum Gasteiger partial charge on any atom is -0.357 e. The molecule has 8 bridgehead atoms. The molecular weight excluding hydrogens is 632 g/mol. The number of hydrogen-bond donors (Lipinski definition) is 0. The average Bonchev–Trinajstić information content (AvgIpc) is 3.87. The maximum absolute atomic E-state index is 4.95. The Morgan fingerprint density at radius 2 is 0.532 bits per heavy atom. The molecule has 2 aliphatic heterocycles. The second kappa shape index (κ2) is 14.5. The molecule has 0 spiro atoms. The van der Waals surface area contributed by atoms with Gasteiger partial charge in [0.2, 0.25) is 0 Å². The molecule has 0 saturated heterocycles. The van der Waals surface area contributed by atoms with Crippen molar-refractivity contribution in [1.29, 1.82) is 0 Å². The largest absolute Gasteiger partial charge is 2.00 e. The van der Waals surface area contributed by atoms with E-state index in [9.17, 15) is 0 Å². The van der Waals surface area contributed by atoms with Crippen LogP contribution in [0.4, 0.5) is 0 Å². The predicted molar refractivity (Wildman–Crippen MR) is 188 cm³/mol. The van der Waals surface area contributed by atoms with Gasteiger partial charge < -0.3 is 29.9 Å². The van der Waals surface area contributed by atoms with Crippen LogP contribution in [0.5, 0.6) is 0 Å². The zero-order valence-corrected chi connectivity index (χ0v) is 28.1. The third-order valence-corrected chi connectivity index (χ3v) is 7.33. The van der Waals surface area contributed by atoms with Crippen LogP contribution < -0.4 is 9.97 Å². The Kier molecular flexibility index (Phi) is 10.2. The van der Waals surface area contributed by atoms with Crippen LogP contribution in [-0.2, 0) is 17.1 Å². The van der Waals surface area contributed by atoms with E-state index in [1.807, 2.05) is 139 Å². The van der Waals surface area contributed by atoms with Gasteiger partial charge in [-0.25, -0.2) is 9.97 Å². The van der Waals surface area contributed by atoms with E-state index in [4.69, 9.17) is 39.9 Å². The minimum absolute atomic E-state index is 0. The van der Waals surface area contributed by atoms with Crippen molar-refractivity contribution in [3.63, 3.8) is 0 Å². The standard InChI is InChI=1S/C32H16N8.3C2H6.Cu/c1-2-10-18-17(9-1)25-33-26(18)38-28-21-13-5-6-14-22(21)30(35-28)40-32-24-16-8-7-15-23(24)31(36-32)39-29-20-12-4-3-11-19(20)27(34-29)37-25;3*1-2;/h1-16H;3*1-2H3;/q-2;;;;+2. The molecule has 0 atom stereocenters. The Bertz CT molecular complexity index is 2040. The second-order valence-electron chi connectivity index (χ2n) is 9.67. The topological polar surface area (TPSA) is 106 Å². The maximum atomic E-state index is 4.95. The van der Waals surface area contributed by atoms with Gasteiger partial charge in [-0.3, -0.25) is 0 Å². The van der Waals surface area contributed by atoms with Crippen LogP contribution >= 0.6 is 0 Å². The first kappa shape index (κ1) is 33.1. The first-order chi connectivity index (χ1) is 22.8. The van der Waals surface area contributed by atoms with Gasteiger partial charge in [-0.05, 0) is 21.5 Å². The number of rotatable bonds is 0. The number of fused-ring (bicyclic) bond motifs is 20. The summed E-state index contributed by atoms with van der Waals surface area (Å²) >= 11 is 0. The summed E-state index contributed by atoms with van der Waals surface area (Å²) in [4.78, 5) is 39.3. The fraction of sp³-hybridized carbons (Fsp3) is 0.158. The molecule has 0 aliphatic carbocycles. The number of nitrogens with zero attached hydrogens (tertiary/aromatic N) is 8. The predicted octanol–water partition coefficient (Wildman–Crippen LogP) is 9.20. The Morgan fingerprint density at radius 3 is 0.766 bits per heavy atom. The molecule has 9 heteroatoms. The van der Waals surface area contributed by atoms with E-state index in [-0.39, 0.29) is 17.1 Å². The van der Waals surface area contributed by atoms with Crippen molar-refractivity contribution >= 4 is 44.1 Å². The molecule has 5 heterocycles. The van der Waals surface area contributed by atoms with Crippen molar-refractivity contribution in [2.75, 3.05) is 0 Å². The summed E-state index contributed by atoms with van der Waals surface area (Å²) in [5.41, 5.74) is 5.78. The SMILES string of the molecule is CC.CC.CC.[Cu+2].c1ccc2c(c1)-c1nc-2nc2[n-]c(nc3nc(nc4[n-]c(n1)c1ccccc41)-c1ccccc1-3)c1ccccc21. The summed E-state index contributed by atoms with van der Waals surface area (Å²) in [6, 6.07) is 31.8. The van der Waals surface area contributed by atoms with Crippen molar-refractivity contribution in [2.24, 2.45) is 0 Å². The van der Waals surface area contributed by atoms with Crippen LogP contribution in [0.25, 0.3) is 89.7 Å². The quantitative estimate of drug-likeness (QED) is 0.148. The van der Waals surface area contributed by atoms with E-state index in [1.165, 1.54) is 0 Å². The molecule has 4 aromatic carbocycles. The molecule has 0 N–H and O–H groups in total. The summed E-state index contributed by atoms with van der Waals surface area (Å²) in [5, 5.41) is 3.57. The Hall–Kier alpha value is -5.24. The van der Waals surface area contributed by atoms with E-state index in [0.717, 1.165) is 43.8 Å². The van der Waals surface area contributed by atoms with Gasteiger partial charge >= 0.3 is 17.1 Å². The maximum Gasteiger partial charge on any atom is 2.00 e. The molecule has 47 heavy (non-hydrogen) atoms. The van der Waals surface area contributed by atoms with Crippen molar-refractivity contribution in [2.45, 2.75) is 41.5 Å². The fourth-order valence-corrected chi connectivity index (χ4v) is 5.46. The van der Waals surface area contributed by atoms with Crippen LogP contribution in [0.15, 0.2) is 97.1 Å². The Labute approximate surface area is 284 Å². The van der Waals surface area contributed by atoms with Gasteiger partial charge in [0.15, 0.2) is 0 Å². The molecule has 7 aromatic rings. The first-order valence-corrected chi connectivity index (χ1v) is 15.9. The molecule has 0 amide bonds. The van der Waals surface area contributed by atoms with Gasteiger partial charge in [0, 0.05) is 44.8 Å². The molecule has 237 valence electrons. The molecule has 0 unspecified atom stereocenters. The summed E-state index contributed by atoms with van der Waals surface area (Å²) in [6.45, 7) is 12.0. The van der Waals surface area contributed by atoms with Crippen LogP contribution in [-0.4, -0.2) is 29.9 Å². The van der Waals surface area contributed by atoms with Crippen molar-refractivity contribution in [3.8, 4) is 45.6 Å². The van der Waals surface area contributed by atoms with Gasteiger partial charge in [-0.2, -0.15) is 0 Å². The van der Waals surface area contributed by atoms with E-state index < -0.39 is 0 Å². The summed E-state index contributed by atoms with van der Waals surface area (Å²) in [5.74, 6) is 2.21. The van der Waals surface area contributed by atoms with E-state index in [0.29, 0.717) is 45.9 Å². The monoisotopic (exact) mass is 665 g/mol. The molecule has 0 fully saturated rings. The molecule has 1 radical (unpaired) electrons. The molecule has 8 nitrogen and oxygen atoms in total. The van der Waals surface area contributed by atoms with E-state index in [1.54, 1.807) is 0 Å². The van der Waals surface area contributed by atoms with Gasteiger partial charge in [0.05, 0.1) is 23.3 Å². The van der Waals surface area contributed by atoms with Gasteiger partial charge in [-0.15, -0.1) is 0 Å². The molecule has 2 aliphatic rings. The summed E-state index contributed by atoms with van der Waals surface area (Å²) in [7, 11) is 0. The third kappa shape index (κ3) is 5.80. The molecule has 9 rings (SSSR count). The first-order valence-electron chi connectivity index (χ1n) is 15.9. The average molecular weight is 666 g/mol. The second-order valence-corrected chi connectivity index (χ2v) is 9.67. The van der Waals surface area contributed by atoms with Gasteiger partial charge in [0.1, 0.15) is 0 Å². The van der Waals surface area contributed by atoms with E-state index in [2.05, 4.69) is 0 Å². The smallest absolute Gasteiger partial charge is 0.357 e. The zero-order chi connectivity index (χ0) is 32.2. The number of hydrogen-bond acceptors (Lipinski definition) is 6. The number of benzene rings is 4. The molecular formula is C38H34CuN8. The van der Waals surface area contributed by atoms with Crippen molar-refractivity contribution in [3.05, 3.63) is 97.1 Å². The van der Waals surface area contributed by atoms with Crippen LogP contribution in [0.3, 0.4) is 0 Å². The number of aromatic nitrogens is 8. The third-order valence-electron chi connectivity index (χ3n) is 7.33. The Morgan fingerprint density at radius 1 is 0.319 bits per heavy atom.